The van der Waals surface area contributed by atoms with E-state index in [4.69, 9.17) is 12.2 Å². The molecule has 0 atom stereocenters. The molecule has 2 heterocycles. The summed E-state index contributed by atoms with van der Waals surface area (Å²) < 4.78 is 14.8. The predicted molar refractivity (Wildman–Crippen MR) is 120 cm³/mol. The van der Waals surface area contributed by atoms with Crippen LogP contribution in [-0.2, 0) is 9.59 Å². The van der Waals surface area contributed by atoms with E-state index in [9.17, 15) is 14.0 Å². The fourth-order valence-electron chi connectivity index (χ4n) is 3.81. The summed E-state index contributed by atoms with van der Waals surface area (Å²) in [7, 11) is 0. The molecule has 0 aliphatic carbocycles. The van der Waals surface area contributed by atoms with Crippen molar-refractivity contribution in [2.24, 2.45) is 0 Å². The van der Waals surface area contributed by atoms with Crippen LogP contribution in [0.1, 0.15) is 29.5 Å². The highest BCUT2D eigenvalue weighted by Gasteiger charge is 2.35. The van der Waals surface area contributed by atoms with Gasteiger partial charge in [-0.15, -0.1) is 0 Å². The molecule has 1 N–H and O–H groups in total. The van der Waals surface area contributed by atoms with Crippen molar-refractivity contribution in [1.29, 1.82) is 0 Å². The smallest absolute Gasteiger partial charge is 0.270 e. The Balaban J connectivity index is 1.70. The molecule has 2 aliphatic heterocycles. The van der Waals surface area contributed by atoms with Gasteiger partial charge in [0.15, 0.2) is 5.11 Å². The first-order valence-corrected chi connectivity index (χ1v) is 10.3. The fourth-order valence-corrected chi connectivity index (χ4v) is 4.09. The highest BCUT2D eigenvalue weighted by molar-refractivity contribution is 7.80. The topological polar surface area (TPSA) is 52.7 Å². The van der Waals surface area contributed by atoms with E-state index in [2.05, 4.69) is 10.2 Å². The first-order chi connectivity index (χ1) is 14.4. The summed E-state index contributed by atoms with van der Waals surface area (Å²) in [6.07, 6.45) is 3.48. The molecule has 0 unspecified atom stereocenters. The maximum Gasteiger partial charge on any atom is 0.270 e. The van der Waals surface area contributed by atoms with Crippen LogP contribution in [0.25, 0.3) is 6.08 Å². The monoisotopic (exact) mass is 423 g/mol. The highest BCUT2D eigenvalue weighted by atomic mass is 32.1. The van der Waals surface area contributed by atoms with Crippen molar-refractivity contribution in [3.63, 3.8) is 0 Å². The van der Waals surface area contributed by atoms with Crippen LogP contribution in [0.15, 0.2) is 42.0 Å². The lowest BCUT2D eigenvalue weighted by Gasteiger charge is -2.30. The average molecular weight is 424 g/mol. The quantitative estimate of drug-likeness (QED) is 0.463. The molecule has 4 rings (SSSR count). The van der Waals surface area contributed by atoms with E-state index in [-0.39, 0.29) is 16.2 Å². The summed E-state index contributed by atoms with van der Waals surface area (Å²) in [6, 6.07) is 10.4. The van der Waals surface area contributed by atoms with Crippen molar-refractivity contribution < 1.29 is 14.0 Å². The molecule has 2 fully saturated rings. The van der Waals surface area contributed by atoms with Crippen molar-refractivity contribution in [2.45, 2.75) is 26.7 Å². The van der Waals surface area contributed by atoms with E-state index in [1.165, 1.54) is 17.0 Å². The summed E-state index contributed by atoms with van der Waals surface area (Å²) in [5.74, 6) is -1.67. The van der Waals surface area contributed by atoms with E-state index in [1.807, 2.05) is 32.0 Å². The van der Waals surface area contributed by atoms with Crippen LogP contribution >= 0.6 is 12.2 Å². The number of hydrogen-bond acceptors (Lipinski definition) is 4. The molecule has 5 nitrogen and oxygen atoms in total. The van der Waals surface area contributed by atoms with Crippen molar-refractivity contribution >= 4 is 46.6 Å². The highest BCUT2D eigenvalue weighted by Crippen LogP contribution is 2.28. The van der Waals surface area contributed by atoms with Crippen molar-refractivity contribution in [3.8, 4) is 0 Å². The average Bonchev–Trinajstić information content (AvgIpc) is 3.24. The maximum atomic E-state index is 14.8. The Morgan fingerprint density at radius 1 is 1.10 bits per heavy atom. The summed E-state index contributed by atoms with van der Waals surface area (Å²) >= 11 is 5.25. The number of benzene rings is 2. The lowest BCUT2D eigenvalue weighted by Crippen LogP contribution is -2.54. The Kier molecular flexibility index (Phi) is 5.39. The molecule has 30 heavy (non-hydrogen) atoms. The number of nitrogens with zero attached hydrogens (tertiary/aromatic N) is 2. The standard InChI is InChI=1S/C23H22FN3O2S/c1-14-6-5-7-20(15(14)2)27-22(29)18(21(28)25-23(27)30)12-16-8-9-17(13-19(16)24)26-10-3-4-11-26/h5-9,12-13H,3-4,10-11H2,1-2H3,(H,25,28,30)/b18-12+. The Labute approximate surface area is 180 Å². The van der Waals surface area contributed by atoms with Gasteiger partial charge in [0, 0.05) is 24.3 Å². The van der Waals surface area contributed by atoms with Crippen LogP contribution in [0.5, 0.6) is 0 Å². The van der Waals surface area contributed by atoms with Gasteiger partial charge in [-0.1, -0.05) is 12.1 Å². The normalized spacial score (nSPS) is 18.4. The number of thiocarbonyl (C=S) groups is 1. The zero-order valence-electron chi connectivity index (χ0n) is 16.9. The molecular formula is C23H22FN3O2S. The second-order valence-electron chi connectivity index (χ2n) is 7.58. The van der Waals surface area contributed by atoms with Gasteiger partial charge in [0.25, 0.3) is 11.8 Å². The second-order valence-corrected chi connectivity index (χ2v) is 7.96. The number of hydrogen-bond donors (Lipinski definition) is 1. The van der Waals surface area contributed by atoms with Crippen LogP contribution in [0.4, 0.5) is 15.8 Å². The minimum atomic E-state index is -0.630. The maximum absolute atomic E-state index is 14.8. The van der Waals surface area contributed by atoms with Crippen LogP contribution in [0.2, 0.25) is 0 Å². The summed E-state index contributed by atoms with van der Waals surface area (Å²) in [5, 5.41) is 2.56. The predicted octanol–water partition coefficient (Wildman–Crippen LogP) is 3.87. The molecule has 0 spiro atoms. The third-order valence-corrected chi connectivity index (χ3v) is 5.96. The number of rotatable bonds is 3. The number of carbonyl (C=O) groups excluding carboxylic acids is 2. The number of carbonyl (C=O) groups is 2. The second kappa shape index (κ2) is 7.99. The zero-order chi connectivity index (χ0) is 21.4. The van der Waals surface area contributed by atoms with Gasteiger partial charge in [-0.3, -0.25) is 19.8 Å². The lowest BCUT2D eigenvalue weighted by molar-refractivity contribution is -0.122. The van der Waals surface area contributed by atoms with Crippen molar-refractivity contribution in [2.75, 3.05) is 22.9 Å². The van der Waals surface area contributed by atoms with E-state index >= 15 is 0 Å². The molecule has 2 aromatic carbocycles. The molecule has 0 saturated carbocycles. The van der Waals surface area contributed by atoms with E-state index in [0.717, 1.165) is 42.7 Å². The van der Waals surface area contributed by atoms with E-state index in [1.54, 1.807) is 12.1 Å². The number of nitrogens with one attached hydrogen (secondary N) is 1. The van der Waals surface area contributed by atoms with Crippen molar-refractivity contribution in [1.82, 2.24) is 5.32 Å². The first-order valence-electron chi connectivity index (χ1n) is 9.89. The Bertz CT molecular complexity index is 1090. The van der Waals surface area contributed by atoms with E-state index < -0.39 is 17.6 Å². The van der Waals surface area contributed by atoms with Crippen LogP contribution in [0.3, 0.4) is 0 Å². The van der Waals surface area contributed by atoms with Gasteiger partial charge in [-0.25, -0.2) is 4.39 Å². The molecule has 7 heteroatoms. The van der Waals surface area contributed by atoms with Gasteiger partial charge in [-0.05, 0) is 80.4 Å². The van der Waals surface area contributed by atoms with Gasteiger partial charge in [0.1, 0.15) is 11.4 Å². The molecule has 2 amide bonds. The third kappa shape index (κ3) is 3.61. The molecule has 2 saturated heterocycles. The van der Waals surface area contributed by atoms with Gasteiger partial charge < -0.3 is 4.90 Å². The third-order valence-electron chi connectivity index (χ3n) is 5.67. The molecule has 2 aromatic rings. The number of anilines is 2. The molecule has 2 aliphatic rings. The number of aryl methyl sites for hydroxylation is 1. The molecule has 0 radical (unpaired) electrons. The molecule has 0 aromatic heterocycles. The summed E-state index contributed by atoms with van der Waals surface area (Å²) in [6.45, 7) is 5.63. The number of halogens is 1. The van der Waals surface area contributed by atoms with Crippen LogP contribution in [0, 0.1) is 19.7 Å². The summed E-state index contributed by atoms with van der Waals surface area (Å²) in [4.78, 5) is 29.1. The Hall–Kier alpha value is -3.06. The number of amides is 2. The zero-order valence-corrected chi connectivity index (χ0v) is 17.7. The fraction of sp³-hybridized carbons (Fsp3) is 0.261. The largest absolute Gasteiger partial charge is 0.371 e. The lowest BCUT2D eigenvalue weighted by atomic mass is 10.0. The Morgan fingerprint density at radius 3 is 2.53 bits per heavy atom. The molecule has 0 bridgehead atoms. The first kappa shape index (κ1) is 20.2. The van der Waals surface area contributed by atoms with Gasteiger partial charge >= 0.3 is 0 Å². The van der Waals surface area contributed by atoms with Gasteiger partial charge in [0.05, 0.1) is 5.69 Å². The van der Waals surface area contributed by atoms with Crippen LogP contribution < -0.4 is 15.1 Å². The molecular weight excluding hydrogens is 401 g/mol. The molecule has 154 valence electrons. The Morgan fingerprint density at radius 2 is 1.83 bits per heavy atom. The van der Waals surface area contributed by atoms with Gasteiger partial charge in [0.2, 0.25) is 0 Å². The SMILES string of the molecule is Cc1cccc(N2C(=O)/C(=C/c3ccc(N4CCCC4)cc3F)C(=O)NC2=S)c1C. The minimum Gasteiger partial charge on any atom is -0.371 e. The minimum absolute atomic E-state index is 0.0145. The van der Waals surface area contributed by atoms with Crippen molar-refractivity contribution in [3.05, 3.63) is 64.5 Å². The summed E-state index contributed by atoms with van der Waals surface area (Å²) in [5.41, 5.74) is 3.31. The van der Waals surface area contributed by atoms with E-state index in [0.29, 0.717) is 5.69 Å². The van der Waals surface area contributed by atoms with Gasteiger partial charge in [-0.2, -0.15) is 0 Å². The van der Waals surface area contributed by atoms with Crippen LogP contribution in [-0.4, -0.2) is 30.0 Å².